The van der Waals surface area contributed by atoms with Gasteiger partial charge in [0.05, 0.1) is 11.8 Å². The third kappa shape index (κ3) is 2.07. The molecule has 15 heavy (non-hydrogen) atoms. The Morgan fingerprint density at radius 1 is 1.53 bits per heavy atom. The molecule has 2 rings (SSSR count). The zero-order valence-electron chi connectivity index (χ0n) is 8.90. The van der Waals surface area contributed by atoms with Gasteiger partial charge in [0, 0.05) is 19.8 Å². The molecule has 0 aromatic carbocycles. The van der Waals surface area contributed by atoms with Gasteiger partial charge in [0.2, 0.25) is 0 Å². The summed E-state index contributed by atoms with van der Waals surface area (Å²) in [5.74, 6) is 0.795. The number of nitrogens with zero attached hydrogens (tertiary/aromatic N) is 3. The summed E-state index contributed by atoms with van der Waals surface area (Å²) in [4.78, 5) is 4.17. The van der Waals surface area contributed by atoms with E-state index in [1.807, 2.05) is 13.2 Å². The van der Waals surface area contributed by atoms with E-state index in [1.54, 1.807) is 10.9 Å². The minimum Gasteiger partial charge on any atom is -0.443 e. The molecule has 0 bridgehead atoms. The van der Waals surface area contributed by atoms with Gasteiger partial charge in [0.1, 0.15) is 5.69 Å². The molecule has 2 aromatic rings. The highest BCUT2D eigenvalue weighted by Crippen LogP contribution is 2.21. The number of rotatable bonds is 4. The molecule has 1 N–H and O–H groups in total. The average molecular weight is 206 g/mol. The Labute approximate surface area is 88.1 Å². The van der Waals surface area contributed by atoms with Crippen LogP contribution < -0.4 is 5.32 Å². The van der Waals surface area contributed by atoms with Crippen LogP contribution in [0.1, 0.15) is 12.6 Å². The Kier molecular flexibility index (Phi) is 2.82. The maximum atomic E-state index is 5.36. The lowest BCUT2D eigenvalue weighted by atomic mass is 10.2. The van der Waals surface area contributed by atoms with Crippen molar-refractivity contribution in [1.82, 2.24) is 20.1 Å². The Morgan fingerprint density at radius 3 is 3.07 bits per heavy atom. The van der Waals surface area contributed by atoms with Gasteiger partial charge in [-0.05, 0) is 6.54 Å². The van der Waals surface area contributed by atoms with Gasteiger partial charge in [0.25, 0.3) is 0 Å². The molecule has 0 aliphatic heterocycles. The fourth-order valence-electron chi connectivity index (χ4n) is 1.41. The summed E-state index contributed by atoms with van der Waals surface area (Å²) in [6.07, 6.45) is 5.15. The molecule has 80 valence electrons. The lowest BCUT2D eigenvalue weighted by Crippen LogP contribution is -2.12. The monoisotopic (exact) mass is 206 g/mol. The van der Waals surface area contributed by atoms with E-state index in [4.69, 9.17) is 4.42 Å². The van der Waals surface area contributed by atoms with Crippen molar-refractivity contribution in [2.45, 2.75) is 13.5 Å². The van der Waals surface area contributed by atoms with Crippen LogP contribution in [0.3, 0.4) is 0 Å². The van der Waals surface area contributed by atoms with Crippen molar-refractivity contribution in [3.05, 3.63) is 24.5 Å². The van der Waals surface area contributed by atoms with Crippen LogP contribution in [0.4, 0.5) is 0 Å². The Balaban J connectivity index is 2.24. The van der Waals surface area contributed by atoms with E-state index in [0.717, 1.165) is 30.1 Å². The van der Waals surface area contributed by atoms with E-state index in [1.165, 1.54) is 6.39 Å². The summed E-state index contributed by atoms with van der Waals surface area (Å²) in [5, 5.41) is 7.32. The van der Waals surface area contributed by atoms with Crippen LogP contribution in [0.15, 0.2) is 23.2 Å². The van der Waals surface area contributed by atoms with E-state index in [9.17, 15) is 0 Å². The molecule has 0 aliphatic carbocycles. The van der Waals surface area contributed by atoms with Gasteiger partial charge in [-0.15, -0.1) is 0 Å². The maximum Gasteiger partial charge on any atom is 0.181 e. The highest BCUT2D eigenvalue weighted by atomic mass is 16.3. The van der Waals surface area contributed by atoms with Gasteiger partial charge in [-0.2, -0.15) is 5.10 Å². The van der Waals surface area contributed by atoms with Crippen molar-refractivity contribution in [1.29, 1.82) is 0 Å². The summed E-state index contributed by atoms with van der Waals surface area (Å²) in [6, 6.07) is 0. The van der Waals surface area contributed by atoms with Gasteiger partial charge in [0.15, 0.2) is 12.2 Å². The minimum absolute atomic E-state index is 0.719. The molecule has 0 fully saturated rings. The van der Waals surface area contributed by atoms with E-state index in [-0.39, 0.29) is 0 Å². The molecular formula is C10H14N4O. The van der Waals surface area contributed by atoms with Crippen LogP contribution >= 0.6 is 0 Å². The first-order valence-electron chi connectivity index (χ1n) is 4.93. The largest absolute Gasteiger partial charge is 0.443 e. The smallest absolute Gasteiger partial charge is 0.181 e. The van der Waals surface area contributed by atoms with Gasteiger partial charge >= 0.3 is 0 Å². The van der Waals surface area contributed by atoms with Crippen LogP contribution in [0.5, 0.6) is 0 Å². The van der Waals surface area contributed by atoms with Crippen LogP contribution in [0.25, 0.3) is 11.3 Å². The van der Waals surface area contributed by atoms with Crippen LogP contribution in [0.2, 0.25) is 0 Å². The van der Waals surface area contributed by atoms with Crippen molar-refractivity contribution in [3.8, 4) is 11.3 Å². The first-order valence-corrected chi connectivity index (χ1v) is 4.93. The first kappa shape index (κ1) is 9.92. The Bertz CT molecular complexity index is 432. The van der Waals surface area contributed by atoms with E-state index < -0.39 is 0 Å². The molecule has 0 atom stereocenters. The van der Waals surface area contributed by atoms with E-state index in [0.29, 0.717) is 0 Å². The molecular weight excluding hydrogens is 192 g/mol. The highest BCUT2D eigenvalue weighted by Gasteiger charge is 2.11. The van der Waals surface area contributed by atoms with Crippen molar-refractivity contribution in [2.24, 2.45) is 7.05 Å². The van der Waals surface area contributed by atoms with Crippen molar-refractivity contribution in [2.75, 3.05) is 6.54 Å². The fraction of sp³-hybridized carbons (Fsp3) is 0.400. The predicted octanol–water partition coefficient (Wildman–Crippen LogP) is 1.18. The fourth-order valence-corrected chi connectivity index (χ4v) is 1.41. The number of aryl methyl sites for hydroxylation is 1. The Morgan fingerprint density at radius 2 is 2.40 bits per heavy atom. The quantitative estimate of drug-likeness (QED) is 0.816. The molecule has 0 unspecified atom stereocenters. The van der Waals surface area contributed by atoms with Crippen LogP contribution in [0, 0.1) is 0 Å². The highest BCUT2D eigenvalue weighted by molar-refractivity contribution is 5.57. The summed E-state index contributed by atoms with van der Waals surface area (Å²) in [5.41, 5.74) is 1.88. The van der Waals surface area contributed by atoms with Gasteiger partial charge < -0.3 is 9.73 Å². The molecule has 2 heterocycles. The second kappa shape index (κ2) is 4.27. The lowest BCUT2D eigenvalue weighted by molar-refractivity contribution is 0.569. The van der Waals surface area contributed by atoms with E-state index in [2.05, 4.69) is 22.3 Å². The van der Waals surface area contributed by atoms with Gasteiger partial charge in [-0.1, -0.05) is 6.92 Å². The SMILES string of the molecule is CCNCc1ncoc1-c1cnn(C)c1. The molecule has 0 saturated carbocycles. The van der Waals surface area contributed by atoms with Gasteiger partial charge in [-0.3, -0.25) is 4.68 Å². The number of hydrogen-bond acceptors (Lipinski definition) is 4. The second-order valence-corrected chi connectivity index (χ2v) is 3.31. The molecule has 2 aromatic heterocycles. The third-order valence-electron chi connectivity index (χ3n) is 2.15. The number of aromatic nitrogens is 3. The molecule has 0 saturated heterocycles. The standard InChI is InChI=1S/C10H14N4O/c1-3-11-5-9-10(15-7-12-9)8-4-13-14(2)6-8/h4,6-7,11H,3,5H2,1-2H3. The summed E-state index contributed by atoms with van der Waals surface area (Å²) < 4.78 is 7.10. The first-order chi connectivity index (χ1) is 7.31. The summed E-state index contributed by atoms with van der Waals surface area (Å²) >= 11 is 0. The summed E-state index contributed by atoms with van der Waals surface area (Å²) in [6.45, 7) is 3.69. The number of nitrogens with one attached hydrogen (secondary N) is 1. The van der Waals surface area contributed by atoms with Gasteiger partial charge in [-0.25, -0.2) is 4.98 Å². The zero-order valence-corrected chi connectivity index (χ0v) is 8.90. The third-order valence-corrected chi connectivity index (χ3v) is 2.15. The maximum absolute atomic E-state index is 5.36. The van der Waals surface area contributed by atoms with Crippen molar-refractivity contribution >= 4 is 0 Å². The van der Waals surface area contributed by atoms with Crippen LogP contribution in [-0.2, 0) is 13.6 Å². The Hall–Kier alpha value is -1.62. The number of oxazole rings is 1. The van der Waals surface area contributed by atoms with E-state index >= 15 is 0 Å². The molecule has 5 heteroatoms. The summed E-state index contributed by atoms with van der Waals surface area (Å²) in [7, 11) is 1.88. The molecule has 5 nitrogen and oxygen atoms in total. The normalized spacial score (nSPS) is 10.8. The predicted molar refractivity (Wildman–Crippen MR) is 56.1 cm³/mol. The molecule has 0 amide bonds. The number of hydrogen-bond donors (Lipinski definition) is 1. The zero-order chi connectivity index (χ0) is 10.7. The molecule has 0 aliphatic rings. The topological polar surface area (TPSA) is 55.9 Å². The lowest BCUT2D eigenvalue weighted by Gasteiger charge is -1.98. The van der Waals surface area contributed by atoms with Crippen LogP contribution in [-0.4, -0.2) is 21.3 Å². The average Bonchev–Trinajstić information content (AvgIpc) is 2.82. The van der Waals surface area contributed by atoms with Crippen molar-refractivity contribution in [3.63, 3.8) is 0 Å². The minimum atomic E-state index is 0.719. The van der Waals surface area contributed by atoms with Crippen molar-refractivity contribution < 1.29 is 4.42 Å². The second-order valence-electron chi connectivity index (χ2n) is 3.31. The molecule has 0 spiro atoms. The molecule has 0 radical (unpaired) electrons.